The van der Waals surface area contributed by atoms with E-state index in [1.54, 1.807) is 18.2 Å². The van der Waals surface area contributed by atoms with Crippen molar-refractivity contribution in [3.05, 3.63) is 101 Å². The molecule has 4 nitrogen and oxygen atoms in total. The van der Waals surface area contributed by atoms with E-state index in [0.717, 1.165) is 11.1 Å². The molecule has 27 heavy (non-hydrogen) atoms. The number of rotatable bonds is 5. The molecule has 3 aromatic carbocycles. The SMILES string of the molecule is N#Cc1ccc(Cl)cc1N(Cc1ccccc1)C(=O)OCc1ccccc1. The highest BCUT2D eigenvalue weighted by molar-refractivity contribution is 6.31. The number of nitrogens with zero attached hydrogens (tertiary/aromatic N) is 2. The van der Waals surface area contributed by atoms with Crippen LogP contribution in [0.1, 0.15) is 16.7 Å². The number of ether oxygens (including phenoxy) is 1. The highest BCUT2D eigenvalue weighted by atomic mass is 35.5. The number of anilines is 1. The second-order valence-electron chi connectivity index (χ2n) is 5.89. The topological polar surface area (TPSA) is 53.3 Å². The van der Waals surface area contributed by atoms with Crippen molar-refractivity contribution in [2.24, 2.45) is 0 Å². The zero-order chi connectivity index (χ0) is 19.1. The predicted octanol–water partition coefficient (Wildman–Crippen LogP) is 5.56. The summed E-state index contributed by atoms with van der Waals surface area (Å²) >= 11 is 6.11. The van der Waals surface area contributed by atoms with Gasteiger partial charge in [-0.05, 0) is 29.3 Å². The quantitative estimate of drug-likeness (QED) is 0.586. The summed E-state index contributed by atoms with van der Waals surface area (Å²) in [5.41, 5.74) is 2.58. The van der Waals surface area contributed by atoms with Crippen LogP contribution in [0.25, 0.3) is 0 Å². The van der Waals surface area contributed by atoms with E-state index in [1.165, 1.54) is 4.90 Å². The maximum atomic E-state index is 12.9. The van der Waals surface area contributed by atoms with Crippen molar-refractivity contribution in [1.82, 2.24) is 0 Å². The second kappa shape index (κ2) is 8.88. The van der Waals surface area contributed by atoms with E-state index in [2.05, 4.69) is 6.07 Å². The first kappa shape index (κ1) is 18.5. The molecule has 0 heterocycles. The maximum absolute atomic E-state index is 12.9. The van der Waals surface area contributed by atoms with Crippen LogP contribution in [0.3, 0.4) is 0 Å². The van der Waals surface area contributed by atoms with Crippen LogP contribution in [0, 0.1) is 11.3 Å². The Labute approximate surface area is 163 Å². The van der Waals surface area contributed by atoms with E-state index in [0.29, 0.717) is 16.3 Å². The van der Waals surface area contributed by atoms with Crippen LogP contribution < -0.4 is 4.90 Å². The molecule has 5 heteroatoms. The lowest BCUT2D eigenvalue weighted by Crippen LogP contribution is -2.31. The van der Waals surface area contributed by atoms with Gasteiger partial charge in [0.25, 0.3) is 0 Å². The van der Waals surface area contributed by atoms with Crippen LogP contribution in [0.5, 0.6) is 0 Å². The van der Waals surface area contributed by atoms with Gasteiger partial charge in [0.15, 0.2) is 0 Å². The minimum absolute atomic E-state index is 0.146. The monoisotopic (exact) mass is 376 g/mol. The second-order valence-corrected chi connectivity index (χ2v) is 6.32. The summed E-state index contributed by atoms with van der Waals surface area (Å²) in [6, 6.07) is 25.9. The number of hydrogen-bond donors (Lipinski definition) is 0. The Morgan fingerprint density at radius 1 is 0.963 bits per heavy atom. The number of amides is 1. The third-order valence-corrected chi connectivity index (χ3v) is 4.22. The molecular formula is C22H17ClN2O2. The number of carbonyl (C=O) groups is 1. The lowest BCUT2D eigenvalue weighted by atomic mass is 10.1. The van der Waals surface area contributed by atoms with Gasteiger partial charge in [0.1, 0.15) is 12.7 Å². The van der Waals surface area contributed by atoms with Crippen molar-refractivity contribution >= 4 is 23.4 Å². The first-order valence-corrected chi connectivity index (χ1v) is 8.77. The van der Waals surface area contributed by atoms with E-state index in [4.69, 9.17) is 16.3 Å². The summed E-state index contributed by atoms with van der Waals surface area (Å²) in [6.07, 6.45) is -0.540. The van der Waals surface area contributed by atoms with Crippen molar-refractivity contribution < 1.29 is 9.53 Å². The zero-order valence-corrected chi connectivity index (χ0v) is 15.3. The van der Waals surface area contributed by atoms with Gasteiger partial charge in [0.05, 0.1) is 17.8 Å². The van der Waals surface area contributed by atoms with Crippen LogP contribution in [0.2, 0.25) is 5.02 Å². The molecule has 0 spiro atoms. The first-order chi connectivity index (χ1) is 13.2. The van der Waals surface area contributed by atoms with Crippen LogP contribution >= 0.6 is 11.6 Å². The standard InChI is InChI=1S/C22H17ClN2O2/c23-20-12-11-19(14-24)21(13-20)25(15-17-7-3-1-4-8-17)22(26)27-16-18-9-5-2-6-10-18/h1-13H,15-16H2. The van der Waals surface area contributed by atoms with Gasteiger partial charge in [0, 0.05) is 5.02 Å². The van der Waals surface area contributed by atoms with Gasteiger partial charge in [-0.25, -0.2) is 4.79 Å². The molecule has 0 aromatic heterocycles. The van der Waals surface area contributed by atoms with Crippen molar-refractivity contribution in [3.63, 3.8) is 0 Å². The molecule has 0 bridgehead atoms. The average Bonchev–Trinajstić information content (AvgIpc) is 2.72. The zero-order valence-electron chi connectivity index (χ0n) is 14.5. The third-order valence-electron chi connectivity index (χ3n) is 3.98. The molecule has 0 unspecified atom stereocenters. The fraction of sp³-hybridized carbons (Fsp3) is 0.0909. The molecule has 0 N–H and O–H groups in total. The lowest BCUT2D eigenvalue weighted by molar-refractivity contribution is 0.146. The number of nitriles is 1. The Morgan fingerprint density at radius 2 is 1.59 bits per heavy atom. The molecule has 134 valence electrons. The van der Waals surface area contributed by atoms with Gasteiger partial charge in [0.2, 0.25) is 0 Å². The van der Waals surface area contributed by atoms with E-state index in [1.807, 2.05) is 60.7 Å². The third kappa shape index (κ3) is 4.87. The summed E-state index contributed by atoms with van der Waals surface area (Å²) in [5.74, 6) is 0. The largest absolute Gasteiger partial charge is 0.444 e. The normalized spacial score (nSPS) is 10.1. The Morgan fingerprint density at radius 3 is 2.22 bits per heavy atom. The maximum Gasteiger partial charge on any atom is 0.414 e. The number of halogens is 1. The van der Waals surface area contributed by atoms with Crippen molar-refractivity contribution in [3.8, 4) is 6.07 Å². The Balaban J connectivity index is 1.89. The van der Waals surface area contributed by atoms with Crippen molar-refractivity contribution in [2.75, 3.05) is 4.90 Å². The number of carbonyl (C=O) groups excluding carboxylic acids is 1. The van der Waals surface area contributed by atoms with Gasteiger partial charge >= 0.3 is 6.09 Å². The van der Waals surface area contributed by atoms with Crippen LogP contribution in [-0.4, -0.2) is 6.09 Å². The van der Waals surface area contributed by atoms with E-state index >= 15 is 0 Å². The van der Waals surface area contributed by atoms with Crippen molar-refractivity contribution in [2.45, 2.75) is 13.2 Å². The Hall–Kier alpha value is -3.29. The van der Waals surface area contributed by atoms with Gasteiger partial charge in [-0.3, -0.25) is 4.90 Å². The average molecular weight is 377 g/mol. The summed E-state index contributed by atoms with van der Waals surface area (Å²) in [4.78, 5) is 14.3. The lowest BCUT2D eigenvalue weighted by Gasteiger charge is -2.23. The molecule has 0 aliphatic heterocycles. The van der Waals surface area contributed by atoms with E-state index in [9.17, 15) is 10.1 Å². The Kier molecular flexibility index (Phi) is 6.09. The molecule has 0 fully saturated rings. The van der Waals surface area contributed by atoms with Crippen LogP contribution in [0.4, 0.5) is 10.5 Å². The fourth-order valence-electron chi connectivity index (χ4n) is 2.63. The summed E-state index contributed by atoms with van der Waals surface area (Å²) in [7, 11) is 0. The van der Waals surface area contributed by atoms with Crippen LogP contribution in [-0.2, 0) is 17.9 Å². The minimum Gasteiger partial charge on any atom is -0.444 e. The molecule has 0 saturated heterocycles. The summed E-state index contributed by atoms with van der Waals surface area (Å²) in [6.45, 7) is 0.414. The molecule has 3 rings (SSSR count). The smallest absolute Gasteiger partial charge is 0.414 e. The molecule has 0 atom stereocenters. The van der Waals surface area contributed by atoms with Crippen molar-refractivity contribution in [1.29, 1.82) is 5.26 Å². The van der Waals surface area contributed by atoms with E-state index in [-0.39, 0.29) is 13.2 Å². The van der Waals surface area contributed by atoms with E-state index < -0.39 is 6.09 Å². The predicted molar refractivity (Wildman–Crippen MR) is 105 cm³/mol. The summed E-state index contributed by atoms with van der Waals surface area (Å²) < 4.78 is 5.49. The Bertz CT molecular complexity index is 953. The minimum atomic E-state index is -0.540. The first-order valence-electron chi connectivity index (χ1n) is 8.39. The number of hydrogen-bond acceptors (Lipinski definition) is 3. The highest BCUT2D eigenvalue weighted by Crippen LogP contribution is 2.27. The molecule has 0 aliphatic carbocycles. The fourth-order valence-corrected chi connectivity index (χ4v) is 2.80. The van der Waals surface area contributed by atoms with Gasteiger partial charge in [-0.2, -0.15) is 5.26 Å². The molecule has 0 saturated carbocycles. The molecule has 0 aliphatic rings. The number of benzene rings is 3. The van der Waals surface area contributed by atoms with Gasteiger partial charge < -0.3 is 4.74 Å². The highest BCUT2D eigenvalue weighted by Gasteiger charge is 2.21. The van der Waals surface area contributed by atoms with Crippen LogP contribution in [0.15, 0.2) is 78.9 Å². The summed E-state index contributed by atoms with van der Waals surface area (Å²) in [5, 5.41) is 9.88. The van der Waals surface area contributed by atoms with Gasteiger partial charge in [-0.15, -0.1) is 0 Å². The molecular weight excluding hydrogens is 360 g/mol. The molecule has 3 aromatic rings. The molecule has 0 radical (unpaired) electrons. The van der Waals surface area contributed by atoms with Gasteiger partial charge in [-0.1, -0.05) is 72.3 Å². The molecule has 1 amide bonds.